The molecule has 0 unspecified atom stereocenters. The van der Waals surface area contributed by atoms with Crippen molar-refractivity contribution in [3.8, 4) is 0 Å². The zero-order valence-electron chi connectivity index (χ0n) is 10.1. The molecule has 1 rings (SSSR count). The van der Waals surface area contributed by atoms with Crippen molar-refractivity contribution in [1.82, 2.24) is 0 Å². The maximum absolute atomic E-state index is 5.46. The van der Waals surface area contributed by atoms with E-state index < -0.39 is 0 Å². The Morgan fingerprint density at radius 1 is 1.06 bits per heavy atom. The minimum Gasteiger partial charge on any atom is -0.385 e. The number of para-hydroxylation sites is 1. The Balaban J connectivity index is 2.22. The highest BCUT2D eigenvalue weighted by molar-refractivity contribution is 5.42. The number of ether oxygens (including phenoxy) is 2. The molecule has 0 aromatic heterocycles. The predicted molar refractivity (Wildman–Crippen MR) is 66.6 cm³/mol. The molecule has 3 nitrogen and oxygen atoms in total. The van der Waals surface area contributed by atoms with E-state index in [9.17, 15) is 0 Å². The summed E-state index contributed by atoms with van der Waals surface area (Å²) in [5, 5.41) is 3.33. The summed E-state index contributed by atoms with van der Waals surface area (Å²) in [6, 6.07) is 10.1. The second kappa shape index (κ2) is 8.13. The van der Waals surface area contributed by atoms with Crippen LogP contribution in [0.2, 0.25) is 0 Å². The second-order valence-electron chi connectivity index (χ2n) is 3.42. The van der Waals surface area contributed by atoms with Crippen LogP contribution in [0.25, 0.3) is 0 Å². The van der Waals surface area contributed by atoms with Gasteiger partial charge < -0.3 is 14.8 Å². The van der Waals surface area contributed by atoms with Crippen molar-refractivity contribution in [2.24, 2.45) is 0 Å². The van der Waals surface area contributed by atoms with E-state index >= 15 is 0 Å². The van der Waals surface area contributed by atoms with Gasteiger partial charge in [0.15, 0.2) is 6.29 Å². The van der Waals surface area contributed by atoms with Crippen molar-refractivity contribution >= 4 is 5.69 Å². The van der Waals surface area contributed by atoms with Gasteiger partial charge in [0.1, 0.15) is 0 Å². The van der Waals surface area contributed by atoms with Crippen LogP contribution in [0.4, 0.5) is 5.69 Å². The van der Waals surface area contributed by atoms with E-state index in [0.717, 1.165) is 18.7 Å². The molecule has 0 radical (unpaired) electrons. The summed E-state index contributed by atoms with van der Waals surface area (Å²) in [5.74, 6) is 0. The molecular formula is C13H21NO2. The molecule has 1 N–H and O–H groups in total. The number of nitrogens with one attached hydrogen (secondary N) is 1. The topological polar surface area (TPSA) is 30.5 Å². The third-order valence-electron chi connectivity index (χ3n) is 2.19. The summed E-state index contributed by atoms with van der Waals surface area (Å²) in [7, 11) is 0. The van der Waals surface area contributed by atoms with Crippen molar-refractivity contribution in [1.29, 1.82) is 0 Å². The molecule has 0 aliphatic heterocycles. The summed E-state index contributed by atoms with van der Waals surface area (Å²) < 4.78 is 10.9. The molecule has 0 atom stereocenters. The lowest BCUT2D eigenvalue weighted by atomic mass is 10.3. The van der Waals surface area contributed by atoms with Crippen molar-refractivity contribution in [3.05, 3.63) is 30.3 Å². The lowest BCUT2D eigenvalue weighted by molar-refractivity contribution is -0.137. The Bertz CT molecular complexity index is 258. The minimum atomic E-state index is -0.0915. The van der Waals surface area contributed by atoms with Gasteiger partial charge in [-0.1, -0.05) is 18.2 Å². The summed E-state index contributed by atoms with van der Waals surface area (Å²) in [5.41, 5.74) is 1.13. The summed E-state index contributed by atoms with van der Waals surface area (Å²) >= 11 is 0. The first-order chi connectivity index (χ1) is 7.86. The molecule has 0 bridgehead atoms. The average Bonchev–Trinajstić information content (AvgIpc) is 2.31. The van der Waals surface area contributed by atoms with Gasteiger partial charge in [-0.05, 0) is 26.0 Å². The maximum Gasteiger partial charge on any atom is 0.159 e. The van der Waals surface area contributed by atoms with Crippen LogP contribution in [0, 0.1) is 0 Å². The third-order valence-corrected chi connectivity index (χ3v) is 2.19. The Morgan fingerprint density at radius 3 is 2.25 bits per heavy atom. The monoisotopic (exact) mass is 223 g/mol. The molecule has 3 heteroatoms. The first-order valence-corrected chi connectivity index (χ1v) is 5.89. The van der Waals surface area contributed by atoms with Crippen molar-refractivity contribution < 1.29 is 9.47 Å². The number of hydrogen-bond donors (Lipinski definition) is 1. The standard InChI is InChI=1S/C13H21NO2/c1-3-15-13(16-4-2)10-11-14-12-8-6-5-7-9-12/h5-9,13-14H,3-4,10-11H2,1-2H3. The van der Waals surface area contributed by atoms with Crippen LogP contribution in [-0.2, 0) is 9.47 Å². The van der Waals surface area contributed by atoms with Crippen molar-refractivity contribution in [3.63, 3.8) is 0 Å². The number of hydrogen-bond acceptors (Lipinski definition) is 3. The largest absolute Gasteiger partial charge is 0.385 e. The first-order valence-electron chi connectivity index (χ1n) is 5.89. The minimum absolute atomic E-state index is 0.0915. The van der Waals surface area contributed by atoms with Crippen molar-refractivity contribution in [2.75, 3.05) is 25.1 Å². The smallest absolute Gasteiger partial charge is 0.159 e. The van der Waals surface area contributed by atoms with Crippen LogP contribution in [0.5, 0.6) is 0 Å². The molecular weight excluding hydrogens is 202 g/mol. The number of rotatable bonds is 8. The van der Waals surface area contributed by atoms with E-state index in [4.69, 9.17) is 9.47 Å². The zero-order valence-corrected chi connectivity index (χ0v) is 10.1. The molecule has 90 valence electrons. The first kappa shape index (κ1) is 13.0. The molecule has 0 saturated carbocycles. The Kier molecular flexibility index (Phi) is 6.61. The lowest BCUT2D eigenvalue weighted by Crippen LogP contribution is -2.21. The highest BCUT2D eigenvalue weighted by Gasteiger charge is 2.06. The average molecular weight is 223 g/mol. The predicted octanol–water partition coefficient (Wildman–Crippen LogP) is 2.89. The van der Waals surface area contributed by atoms with E-state index in [0.29, 0.717) is 13.2 Å². The summed E-state index contributed by atoms with van der Waals surface area (Å²) in [6.07, 6.45) is 0.766. The summed E-state index contributed by atoms with van der Waals surface area (Å²) in [4.78, 5) is 0. The van der Waals surface area contributed by atoms with Crippen LogP contribution < -0.4 is 5.32 Å². The molecule has 1 aromatic carbocycles. The van der Waals surface area contributed by atoms with Gasteiger partial charge in [-0.2, -0.15) is 0 Å². The van der Waals surface area contributed by atoms with Gasteiger partial charge in [0, 0.05) is 31.9 Å². The fourth-order valence-electron chi connectivity index (χ4n) is 1.48. The second-order valence-corrected chi connectivity index (χ2v) is 3.42. The third kappa shape index (κ3) is 5.14. The summed E-state index contributed by atoms with van der Waals surface area (Å²) in [6.45, 7) is 6.20. The molecule has 0 aliphatic rings. The van der Waals surface area contributed by atoms with Gasteiger partial charge in [0.2, 0.25) is 0 Å². The highest BCUT2D eigenvalue weighted by Crippen LogP contribution is 2.06. The fraction of sp³-hybridized carbons (Fsp3) is 0.538. The molecule has 0 saturated heterocycles. The molecule has 0 aliphatic carbocycles. The molecule has 0 heterocycles. The number of anilines is 1. The van der Waals surface area contributed by atoms with Gasteiger partial charge in [0.05, 0.1) is 0 Å². The van der Waals surface area contributed by atoms with Crippen LogP contribution in [-0.4, -0.2) is 26.0 Å². The number of benzene rings is 1. The normalized spacial score (nSPS) is 10.7. The van der Waals surface area contributed by atoms with Gasteiger partial charge >= 0.3 is 0 Å². The molecule has 0 spiro atoms. The Morgan fingerprint density at radius 2 is 1.69 bits per heavy atom. The highest BCUT2D eigenvalue weighted by atomic mass is 16.7. The van der Waals surface area contributed by atoms with Gasteiger partial charge in [-0.25, -0.2) is 0 Å². The van der Waals surface area contributed by atoms with E-state index in [1.807, 2.05) is 32.0 Å². The Labute approximate surface area is 97.8 Å². The van der Waals surface area contributed by atoms with Crippen LogP contribution >= 0.6 is 0 Å². The van der Waals surface area contributed by atoms with E-state index in [1.54, 1.807) is 0 Å². The maximum atomic E-state index is 5.46. The van der Waals surface area contributed by atoms with Gasteiger partial charge in [0.25, 0.3) is 0 Å². The van der Waals surface area contributed by atoms with Gasteiger partial charge in [-0.3, -0.25) is 0 Å². The zero-order chi connectivity index (χ0) is 11.6. The van der Waals surface area contributed by atoms with Gasteiger partial charge in [-0.15, -0.1) is 0 Å². The molecule has 1 aromatic rings. The van der Waals surface area contributed by atoms with Crippen molar-refractivity contribution in [2.45, 2.75) is 26.6 Å². The fourth-order valence-corrected chi connectivity index (χ4v) is 1.48. The Hall–Kier alpha value is -1.06. The van der Waals surface area contributed by atoms with E-state index in [2.05, 4.69) is 17.4 Å². The van der Waals surface area contributed by atoms with Crippen LogP contribution in [0.3, 0.4) is 0 Å². The molecule has 0 fully saturated rings. The van der Waals surface area contributed by atoms with Crippen LogP contribution in [0.1, 0.15) is 20.3 Å². The SMILES string of the molecule is CCOC(CCNc1ccccc1)OCC. The lowest BCUT2D eigenvalue weighted by Gasteiger charge is -2.17. The molecule has 0 amide bonds. The quantitative estimate of drug-likeness (QED) is 0.687. The van der Waals surface area contributed by atoms with E-state index in [1.165, 1.54) is 0 Å². The molecule has 16 heavy (non-hydrogen) atoms. The van der Waals surface area contributed by atoms with Crippen LogP contribution in [0.15, 0.2) is 30.3 Å². The van der Waals surface area contributed by atoms with E-state index in [-0.39, 0.29) is 6.29 Å².